The zero-order valence-electron chi connectivity index (χ0n) is 21.6. The number of β-lactam (4-membered cyclic amide) rings is 1. The van der Waals surface area contributed by atoms with Gasteiger partial charge in [0.2, 0.25) is 11.8 Å². The summed E-state index contributed by atoms with van der Waals surface area (Å²) >= 11 is 0. The number of nitrogens with one attached hydrogen (secondary N) is 1. The molecule has 0 radical (unpaired) electrons. The van der Waals surface area contributed by atoms with Crippen LogP contribution in [0.25, 0.3) is 0 Å². The van der Waals surface area contributed by atoms with E-state index in [9.17, 15) is 19.2 Å². The van der Waals surface area contributed by atoms with Crippen LogP contribution in [0.15, 0.2) is 24.3 Å². The molecule has 10 heteroatoms. The molecule has 0 bridgehead atoms. The lowest BCUT2D eigenvalue weighted by molar-refractivity contribution is -0.190. The van der Waals surface area contributed by atoms with Crippen molar-refractivity contribution in [3.05, 3.63) is 29.8 Å². The molecule has 0 aromatic heterocycles. The fourth-order valence-corrected chi connectivity index (χ4v) is 4.78. The number of urea groups is 1. The second-order valence-corrected chi connectivity index (χ2v) is 9.64. The van der Waals surface area contributed by atoms with E-state index >= 15 is 0 Å². The van der Waals surface area contributed by atoms with Crippen molar-refractivity contribution in [3.8, 4) is 5.75 Å². The second-order valence-electron chi connectivity index (χ2n) is 9.64. The van der Waals surface area contributed by atoms with Crippen molar-refractivity contribution in [3.63, 3.8) is 0 Å². The average Bonchev–Trinajstić information content (AvgIpc) is 2.87. The number of piperazine rings is 1. The highest BCUT2D eigenvalue weighted by molar-refractivity contribution is 6.03. The van der Waals surface area contributed by atoms with Crippen LogP contribution in [-0.2, 0) is 9.59 Å². The fourth-order valence-electron chi connectivity index (χ4n) is 4.78. The number of unbranched alkanes of at least 4 members (excludes halogenated alkanes) is 2. The predicted octanol–water partition coefficient (Wildman–Crippen LogP) is 2.18. The number of carbonyl (C=O) groups excluding carboxylic acids is 4. The van der Waals surface area contributed by atoms with Gasteiger partial charge in [-0.3, -0.25) is 14.4 Å². The molecule has 2 aliphatic rings. The molecular weight excluding hydrogens is 462 g/mol. The Hall–Kier alpha value is -3.14. The first-order chi connectivity index (χ1) is 17.2. The van der Waals surface area contributed by atoms with Gasteiger partial charge < -0.3 is 25.6 Å². The van der Waals surface area contributed by atoms with Crippen LogP contribution < -0.4 is 15.8 Å². The molecule has 1 aromatic carbocycles. The first kappa shape index (κ1) is 27.4. The van der Waals surface area contributed by atoms with Crippen molar-refractivity contribution in [1.82, 2.24) is 20.0 Å². The number of rotatable bonds is 11. The third-order valence-corrected chi connectivity index (χ3v) is 7.35. The zero-order chi connectivity index (χ0) is 26.3. The van der Waals surface area contributed by atoms with Crippen LogP contribution in [0.2, 0.25) is 0 Å². The van der Waals surface area contributed by atoms with Crippen LogP contribution in [0.3, 0.4) is 0 Å². The Labute approximate surface area is 213 Å². The quantitative estimate of drug-likeness (QED) is 0.354. The summed E-state index contributed by atoms with van der Waals surface area (Å²) in [7, 11) is 2.04. The molecule has 36 heavy (non-hydrogen) atoms. The lowest BCUT2D eigenvalue weighted by atomic mass is 9.72. The van der Waals surface area contributed by atoms with Crippen LogP contribution in [0, 0.1) is 5.41 Å². The second kappa shape index (κ2) is 12.2. The first-order valence-corrected chi connectivity index (χ1v) is 12.9. The van der Waals surface area contributed by atoms with E-state index in [-0.39, 0.29) is 17.7 Å². The molecule has 0 spiro atoms. The standard InChI is InChI=1S/C26H39N5O5/c1-4-26(5-2)23(34)31(25(35)28-14-8-6-7-9-21(27)32)24(26)36-20-12-10-19(11-13-20)22(33)30-17-15-29(3)16-18-30/h10-13,24H,4-9,14-18H2,1-3H3,(H2,27,32)(H,28,35). The number of likely N-dealkylation sites (N-methyl/N-ethyl adjacent to an activating group) is 1. The maximum atomic E-state index is 13.0. The summed E-state index contributed by atoms with van der Waals surface area (Å²) in [5, 5.41) is 2.78. The van der Waals surface area contributed by atoms with Gasteiger partial charge in [0.05, 0.1) is 0 Å². The van der Waals surface area contributed by atoms with E-state index in [4.69, 9.17) is 10.5 Å². The van der Waals surface area contributed by atoms with Crippen molar-refractivity contribution in [2.45, 2.75) is 58.6 Å². The molecule has 2 fully saturated rings. The Bertz CT molecular complexity index is 939. The van der Waals surface area contributed by atoms with Gasteiger partial charge in [0.25, 0.3) is 5.91 Å². The minimum atomic E-state index is -0.771. The van der Waals surface area contributed by atoms with Crippen LogP contribution in [-0.4, -0.2) is 84.5 Å². The van der Waals surface area contributed by atoms with Crippen LogP contribution in [0.4, 0.5) is 4.79 Å². The molecule has 3 N–H and O–H groups in total. The van der Waals surface area contributed by atoms with Crippen molar-refractivity contribution < 1.29 is 23.9 Å². The topological polar surface area (TPSA) is 125 Å². The highest BCUT2D eigenvalue weighted by Crippen LogP contribution is 2.46. The molecule has 2 saturated heterocycles. The van der Waals surface area contributed by atoms with Crippen molar-refractivity contribution >= 4 is 23.8 Å². The highest BCUT2D eigenvalue weighted by Gasteiger charge is 2.62. The number of hydrogen-bond acceptors (Lipinski definition) is 6. The molecule has 3 rings (SSSR count). The van der Waals surface area contributed by atoms with E-state index in [1.807, 2.05) is 25.8 Å². The van der Waals surface area contributed by atoms with E-state index in [0.29, 0.717) is 63.1 Å². The van der Waals surface area contributed by atoms with Gasteiger partial charge in [0, 0.05) is 44.7 Å². The lowest BCUT2D eigenvalue weighted by Gasteiger charge is -2.53. The molecule has 1 atom stereocenters. The highest BCUT2D eigenvalue weighted by atomic mass is 16.5. The lowest BCUT2D eigenvalue weighted by Crippen LogP contribution is -2.73. The third kappa shape index (κ3) is 5.98. The minimum Gasteiger partial charge on any atom is -0.469 e. The number of nitrogens with two attached hydrogens (primary N) is 1. The van der Waals surface area contributed by atoms with Gasteiger partial charge in [-0.05, 0) is 57.0 Å². The molecule has 10 nitrogen and oxygen atoms in total. The van der Waals surface area contributed by atoms with Gasteiger partial charge in [-0.2, -0.15) is 0 Å². The number of primary amides is 1. The third-order valence-electron chi connectivity index (χ3n) is 7.35. The van der Waals surface area contributed by atoms with E-state index in [1.54, 1.807) is 24.3 Å². The molecule has 5 amide bonds. The number of likely N-dealkylation sites (tertiary alicyclic amines) is 1. The van der Waals surface area contributed by atoms with Gasteiger partial charge >= 0.3 is 6.03 Å². The SMILES string of the molecule is CCC1(CC)C(=O)N(C(=O)NCCCCCC(N)=O)C1Oc1ccc(C(=O)N2CCN(C)CC2)cc1. The molecule has 2 aliphatic heterocycles. The monoisotopic (exact) mass is 501 g/mol. The average molecular weight is 502 g/mol. The van der Waals surface area contributed by atoms with Crippen LogP contribution in [0.5, 0.6) is 5.75 Å². The Morgan fingerprint density at radius 2 is 1.67 bits per heavy atom. The van der Waals surface area contributed by atoms with Gasteiger partial charge in [-0.25, -0.2) is 9.69 Å². The molecule has 198 valence electrons. The van der Waals surface area contributed by atoms with Gasteiger partial charge in [0.15, 0.2) is 6.23 Å². The molecule has 1 unspecified atom stereocenters. The summed E-state index contributed by atoms with van der Waals surface area (Å²) < 4.78 is 6.18. The molecule has 0 saturated carbocycles. The summed E-state index contributed by atoms with van der Waals surface area (Å²) in [6.07, 6.45) is 2.79. The fraction of sp³-hybridized carbons (Fsp3) is 0.615. The number of imide groups is 1. The zero-order valence-corrected chi connectivity index (χ0v) is 21.6. The summed E-state index contributed by atoms with van der Waals surface area (Å²) in [5.41, 5.74) is 4.95. The van der Waals surface area contributed by atoms with E-state index in [1.165, 1.54) is 0 Å². The van der Waals surface area contributed by atoms with Gasteiger partial charge in [-0.1, -0.05) is 20.3 Å². The maximum Gasteiger partial charge on any atom is 0.327 e. The number of nitrogens with zero attached hydrogens (tertiary/aromatic N) is 3. The Balaban J connectivity index is 1.61. The largest absolute Gasteiger partial charge is 0.469 e. The number of amides is 5. The Kier molecular flexibility index (Phi) is 9.31. The molecule has 2 heterocycles. The van der Waals surface area contributed by atoms with Gasteiger partial charge in [0.1, 0.15) is 11.2 Å². The predicted molar refractivity (Wildman–Crippen MR) is 135 cm³/mol. The van der Waals surface area contributed by atoms with E-state index in [2.05, 4.69) is 10.2 Å². The molecule has 1 aromatic rings. The smallest absolute Gasteiger partial charge is 0.327 e. The molecular formula is C26H39N5O5. The summed E-state index contributed by atoms with van der Waals surface area (Å²) in [6, 6.07) is 6.41. The minimum absolute atomic E-state index is 0.0123. The molecule has 0 aliphatic carbocycles. The maximum absolute atomic E-state index is 13.0. The number of carbonyl (C=O) groups is 4. The van der Waals surface area contributed by atoms with Crippen LogP contribution >= 0.6 is 0 Å². The number of benzene rings is 1. The van der Waals surface area contributed by atoms with E-state index in [0.717, 1.165) is 24.4 Å². The normalized spacial score (nSPS) is 19.5. The summed E-state index contributed by atoms with van der Waals surface area (Å²) in [6.45, 7) is 7.33. The Morgan fingerprint density at radius 1 is 1.03 bits per heavy atom. The Morgan fingerprint density at radius 3 is 2.25 bits per heavy atom. The van der Waals surface area contributed by atoms with Crippen molar-refractivity contribution in [2.24, 2.45) is 11.1 Å². The van der Waals surface area contributed by atoms with Crippen molar-refractivity contribution in [1.29, 1.82) is 0 Å². The number of ether oxygens (including phenoxy) is 1. The summed E-state index contributed by atoms with van der Waals surface area (Å²) in [4.78, 5) is 54.7. The first-order valence-electron chi connectivity index (χ1n) is 12.9. The van der Waals surface area contributed by atoms with Gasteiger partial charge in [-0.15, -0.1) is 0 Å². The van der Waals surface area contributed by atoms with E-state index < -0.39 is 17.7 Å². The number of hydrogen-bond donors (Lipinski definition) is 2. The van der Waals surface area contributed by atoms with Crippen LogP contribution in [0.1, 0.15) is 62.7 Å². The summed E-state index contributed by atoms with van der Waals surface area (Å²) in [5.74, 6) is -0.0947. The van der Waals surface area contributed by atoms with Crippen molar-refractivity contribution in [2.75, 3.05) is 39.8 Å².